The van der Waals surface area contributed by atoms with Crippen molar-refractivity contribution in [3.63, 3.8) is 0 Å². The molecular weight excluding hydrogens is 378 g/mol. The summed E-state index contributed by atoms with van der Waals surface area (Å²) in [5.41, 5.74) is -0.346. The highest BCUT2D eigenvalue weighted by Crippen LogP contribution is 2.29. The van der Waals surface area contributed by atoms with Crippen molar-refractivity contribution in [2.75, 3.05) is 31.6 Å². The molecule has 1 saturated heterocycles. The first-order chi connectivity index (χ1) is 14.0. The van der Waals surface area contributed by atoms with Crippen molar-refractivity contribution in [1.29, 1.82) is 0 Å². The molecule has 1 aliphatic rings. The van der Waals surface area contributed by atoms with E-state index in [1.165, 1.54) is 0 Å². The summed E-state index contributed by atoms with van der Waals surface area (Å²) in [6.07, 6.45) is 3.54. The van der Waals surface area contributed by atoms with Crippen molar-refractivity contribution in [2.24, 2.45) is 7.05 Å². The van der Waals surface area contributed by atoms with E-state index in [2.05, 4.69) is 20.6 Å². The third-order valence-corrected chi connectivity index (χ3v) is 5.32. The molecule has 1 aliphatic heterocycles. The van der Waals surface area contributed by atoms with Crippen molar-refractivity contribution in [1.82, 2.24) is 24.9 Å². The van der Waals surface area contributed by atoms with Gasteiger partial charge in [-0.25, -0.2) is 13.8 Å². The van der Waals surface area contributed by atoms with Crippen molar-refractivity contribution in [3.8, 4) is 11.3 Å². The van der Waals surface area contributed by atoms with Crippen LogP contribution in [0.4, 0.5) is 14.6 Å². The van der Waals surface area contributed by atoms with Crippen molar-refractivity contribution < 1.29 is 13.6 Å². The van der Waals surface area contributed by atoms with E-state index >= 15 is 4.39 Å². The first kappa shape index (κ1) is 19.4. The molecule has 1 fully saturated rings. The highest BCUT2D eigenvalue weighted by atomic mass is 19.1. The lowest BCUT2D eigenvalue weighted by atomic mass is 9.92. The average molecular weight is 400 g/mol. The smallest absolute Gasteiger partial charge is 0.263 e. The molecule has 1 N–H and O–H groups in total. The van der Waals surface area contributed by atoms with Gasteiger partial charge >= 0.3 is 0 Å². The highest BCUT2D eigenvalue weighted by Gasteiger charge is 2.41. The fourth-order valence-electron chi connectivity index (χ4n) is 3.55. The Bertz CT molecular complexity index is 1030. The fourth-order valence-corrected chi connectivity index (χ4v) is 3.55. The van der Waals surface area contributed by atoms with Gasteiger partial charge in [-0.3, -0.25) is 9.48 Å². The van der Waals surface area contributed by atoms with Crippen LogP contribution in [0.1, 0.15) is 12.8 Å². The number of hydrogen-bond acceptors (Lipinski definition) is 5. The second kappa shape index (κ2) is 7.82. The maximum absolute atomic E-state index is 15.1. The number of nitrogens with one attached hydrogen (secondary N) is 1. The molecule has 0 bridgehead atoms. The molecule has 152 valence electrons. The van der Waals surface area contributed by atoms with E-state index < -0.39 is 18.3 Å². The lowest BCUT2D eigenvalue weighted by molar-refractivity contribution is -0.130. The van der Waals surface area contributed by atoms with E-state index in [-0.39, 0.29) is 19.4 Å². The number of aromatic nitrogens is 4. The number of hydrogen-bond donors (Lipinski definition) is 1. The largest absolute Gasteiger partial charge is 0.308 e. The van der Waals surface area contributed by atoms with Gasteiger partial charge in [0.1, 0.15) is 18.2 Å². The number of likely N-dealkylation sites (tertiary alicyclic amines) is 1. The molecular formula is C20H22F2N6O. The van der Waals surface area contributed by atoms with E-state index in [1.807, 2.05) is 29.3 Å². The molecule has 3 heterocycles. The van der Waals surface area contributed by atoms with Crippen molar-refractivity contribution in [3.05, 3.63) is 36.7 Å². The fraction of sp³-hybridized carbons (Fsp3) is 0.400. The van der Waals surface area contributed by atoms with Gasteiger partial charge in [0.15, 0.2) is 5.67 Å². The number of rotatable bonds is 5. The number of halogens is 2. The lowest BCUT2D eigenvalue weighted by Gasteiger charge is -2.34. The molecule has 7 nitrogen and oxygen atoms in total. The summed E-state index contributed by atoms with van der Waals surface area (Å²) < 4.78 is 29.2. The molecule has 29 heavy (non-hydrogen) atoms. The minimum atomic E-state index is -1.97. The number of fused-ring (bicyclic) bond motifs is 1. The number of anilines is 1. The predicted octanol–water partition coefficient (Wildman–Crippen LogP) is 2.74. The molecule has 2 aromatic heterocycles. The zero-order valence-electron chi connectivity index (χ0n) is 16.1. The summed E-state index contributed by atoms with van der Waals surface area (Å²) in [4.78, 5) is 18.6. The van der Waals surface area contributed by atoms with Crippen LogP contribution in [0.2, 0.25) is 0 Å². The molecule has 0 radical (unpaired) electrons. The number of nitrogens with zero attached hydrogens (tertiary/aromatic N) is 5. The van der Waals surface area contributed by atoms with Crippen LogP contribution in [0.3, 0.4) is 0 Å². The molecule has 0 spiro atoms. The number of amides is 1. The Labute approximate surface area is 166 Å². The third-order valence-electron chi connectivity index (χ3n) is 5.32. The summed E-state index contributed by atoms with van der Waals surface area (Å²) in [6, 6.07) is 7.48. The molecule has 0 atom stereocenters. The molecule has 0 aliphatic carbocycles. The van der Waals surface area contributed by atoms with E-state index in [1.54, 1.807) is 24.0 Å². The Morgan fingerprint density at radius 1 is 1.24 bits per heavy atom. The standard InChI is InChI=1S/C20H22F2N6O/c1-27-13-17(25-26-27)14-2-3-15-12-23-18(11-16(15)10-14)24-19(29)20(22)4-7-28(8-5-20)9-6-21/h2-3,10-13H,4-9H2,1H3,(H,23,24,29). The van der Waals surface area contributed by atoms with Crippen molar-refractivity contribution >= 4 is 22.5 Å². The van der Waals surface area contributed by atoms with Crippen LogP contribution in [0, 0.1) is 0 Å². The van der Waals surface area contributed by atoms with Gasteiger partial charge in [-0.05, 0) is 17.5 Å². The number of pyridine rings is 1. The minimum Gasteiger partial charge on any atom is -0.308 e. The van der Waals surface area contributed by atoms with Gasteiger partial charge in [0.05, 0.1) is 6.20 Å². The molecule has 9 heteroatoms. The first-order valence-electron chi connectivity index (χ1n) is 9.52. The lowest BCUT2D eigenvalue weighted by Crippen LogP contribution is -2.49. The Hall–Kier alpha value is -2.94. The van der Waals surface area contributed by atoms with Gasteiger partial charge in [0.25, 0.3) is 5.91 Å². The summed E-state index contributed by atoms with van der Waals surface area (Å²) in [7, 11) is 1.80. The molecule has 0 unspecified atom stereocenters. The van der Waals surface area contributed by atoms with Crippen LogP contribution < -0.4 is 5.32 Å². The third kappa shape index (κ3) is 4.09. The Morgan fingerprint density at radius 3 is 2.72 bits per heavy atom. The van der Waals surface area contributed by atoms with E-state index in [9.17, 15) is 9.18 Å². The van der Waals surface area contributed by atoms with Crippen LogP contribution in [0.15, 0.2) is 36.7 Å². The zero-order chi connectivity index (χ0) is 20.4. The number of carbonyl (C=O) groups is 1. The number of alkyl halides is 2. The summed E-state index contributed by atoms with van der Waals surface area (Å²) >= 11 is 0. The average Bonchev–Trinajstić information content (AvgIpc) is 3.16. The number of piperidine rings is 1. The molecule has 4 rings (SSSR count). The molecule has 3 aromatic rings. The van der Waals surface area contributed by atoms with Crippen LogP contribution >= 0.6 is 0 Å². The van der Waals surface area contributed by atoms with Crippen LogP contribution in [-0.2, 0) is 11.8 Å². The predicted molar refractivity (Wildman–Crippen MR) is 106 cm³/mol. The van der Waals surface area contributed by atoms with Gasteiger partial charge in [-0.1, -0.05) is 17.3 Å². The van der Waals surface area contributed by atoms with E-state index in [0.717, 1.165) is 22.0 Å². The Kier molecular flexibility index (Phi) is 5.23. The second-order valence-electron chi connectivity index (χ2n) is 7.36. The SMILES string of the molecule is Cn1cc(-c2ccc3cnc(NC(=O)C4(F)CCN(CCF)CC4)cc3c2)nn1. The van der Waals surface area contributed by atoms with E-state index in [0.29, 0.717) is 18.9 Å². The number of carbonyl (C=O) groups excluding carboxylic acids is 1. The van der Waals surface area contributed by atoms with Gasteiger partial charge in [-0.2, -0.15) is 0 Å². The van der Waals surface area contributed by atoms with Crippen molar-refractivity contribution in [2.45, 2.75) is 18.5 Å². The molecule has 1 aromatic carbocycles. The van der Waals surface area contributed by atoms with Gasteiger partial charge < -0.3 is 10.2 Å². The highest BCUT2D eigenvalue weighted by molar-refractivity contribution is 5.98. The van der Waals surface area contributed by atoms with Crippen LogP contribution in [-0.4, -0.2) is 62.8 Å². The maximum Gasteiger partial charge on any atom is 0.263 e. The summed E-state index contributed by atoms with van der Waals surface area (Å²) in [6.45, 7) is 0.530. The quantitative estimate of drug-likeness (QED) is 0.713. The minimum absolute atomic E-state index is 0.0449. The van der Waals surface area contributed by atoms with Gasteiger partial charge in [0, 0.05) is 56.7 Å². The molecule has 0 saturated carbocycles. The second-order valence-corrected chi connectivity index (χ2v) is 7.36. The van der Waals surface area contributed by atoms with E-state index in [4.69, 9.17) is 0 Å². The Morgan fingerprint density at radius 2 is 2.03 bits per heavy atom. The monoisotopic (exact) mass is 400 g/mol. The molecule has 1 amide bonds. The normalized spacial score (nSPS) is 16.8. The maximum atomic E-state index is 15.1. The topological polar surface area (TPSA) is 75.9 Å². The van der Waals surface area contributed by atoms with Gasteiger partial charge in [-0.15, -0.1) is 5.10 Å². The Balaban J connectivity index is 1.51. The summed E-state index contributed by atoms with van der Waals surface area (Å²) in [5.74, 6) is -0.406. The van der Waals surface area contributed by atoms with Crippen LogP contribution in [0.5, 0.6) is 0 Å². The van der Waals surface area contributed by atoms with Gasteiger partial charge in [0.2, 0.25) is 0 Å². The summed E-state index contributed by atoms with van der Waals surface area (Å²) in [5, 5.41) is 12.4. The number of aryl methyl sites for hydroxylation is 1. The first-order valence-corrected chi connectivity index (χ1v) is 9.52. The zero-order valence-corrected chi connectivity index (χ0v) is 16.1. The number of benzene rings is 1. The van der Waals surface area contributed by atoms with Crippen LogP contribution in [0.25, 0.3) is 22.0 Å².